The summed E-state index contributed by atoms with van der Waals surface area (Å²) in [7, 11) is 2.07. The Morgan fingerprint density at radius 3 is 2.09 bits per heavy atom. The maximum Gasteiger partial charge on any atom is 0.287 e. The predicted molar refractivity (Wildman–Crippen MR) is 138 cm³/mol. The Balaban J connectivity index is 1.97. The van der Waals surface area contributed by atoms with Crippen LogP contribution >= 0.6 is 0 Å². The summed E-state index contributed by atoms with van der Waals surface area (Å²) in [5.74, 6) is 3.40. The van der Waals surface area contributed by atoms with Crippen LogP contribution in [0.15, 0.2) is 36.7 Å². The van der Waals surface area contributed by atoms with E-state index in [1.54, 1.807) is 0 Å². The smallest absolute Gasteiger partial charge is 0.232 e. The van der Waals surface area contributed by atoms with Gasteiger partial charge in [-0.1, -0.05) is 45.4 Å². The van der Waals surface area contributed by atoms with Gasteiger partial charge in [-0.25, -0.2) is 19.5 Å². The molecule has 4 rings (SSSR count). The number of fused-ring (bicyclic) bond motifs is 1. The van der Waals surface area contributed by atoms with Crippen molar-refractivity contribution >= 4 is 10.9 Å². The zero-order valence-electron chi connectivity index (χ0n) is 21.8. The average molecular weight is 455 g/mol. The van der Waals surface area contributed by atoms with E-state index >= 15 is 0 Å². The molecule has 0 aliphatic carbocycles. The first kappa shape index (κ1) is 23.9. The monoisotopic (exact) mass is 454 g/mol. The summed E-state index contributed by atoms with van der Waals surface area (Å²) in [6, 6.07) is 10.8. The number of nitrogens with zero attached hydrogens (tertiary/aromatic N) is 5. The lowest BCUT2D eigenvalue weighted by atomic mass is 9.95. The second kappa shape index (κ2) is 9.57. The Hall–Kier alpha value is -3.21. The summed E-state index contributed by atoms with van der Waals surface area (Å²) in [5.41, 5.74) is 8.12. The summed E-state index contributed by atoms with van der Waals surface area (Å²) >= 11 is 0. The van der Waals surface area contributed by atoms with Gasteiger partial charge in [0, 0.05) is 18.4 Å². The van der Waals surface area contributed by atoms with E-state index < -0.39 is 0 Å². The van der Waals surface area contributed by atoms with Gasteiger partial charge in [-0.3, -0.25) is 0 Å². The van der Waals surface area contributed by atoms with Crippen LogP contribution in [-0.2, 0) is 19.9 Å². The highest BCUT2D eigenvalue weighted by Crippen LogP contribution is 2.33. The number of aromatic nitrogens is 5. The molecule has 4 aromatic rings. The minimum atomic E-state index is 0.478. The van der Waals surface area contributed by atoms with Gasteiger partial charge in [-0.15, -0.1) is 0 Å². The van der Waals surface area contributed by atoms with E-state index in [9.17, 15) is 0 Å². The fourth-order valence-electron chi connectivity index (χ4n) is 4.57. The highest BCUT2D eigenvalue weighted by atomic mass is 15.0. The fraction of sp³-hybridized carbons (Fsp3) is 0.414. The molecule has 0 fully saturated rings. The fourth-order valence-corrected chi connectivity index (χ4v) is 4.57. The van der Waals surface area contributed by atoms with Crippen molar-refractivity contribution in [3.8, 4) is 22.6 Å². The molecule has 0 N–H and O–H groups in total. The van der Waals surface area contributed by atoms with Crippen LogP contribution in [0.4, 0.5) is 0 Å². The van der Waals surface area contributed by atoms with Crippen LogP contribution in [0.1, 0.15) is 56.0 Å². The number of aryl methyl sites for hydroxylation is 3. The SMILES string of the molecule is Cc1cc(C)c(C)c(-c2c3cccc(-c4nc(CC(C)C)nc(CC(C)C)n4)c3nc[n+]2C)c1. The lowest BCUT2D eigenvalue weighted by Gasteiger charge is -2.13. The van der Waals surface area contributed by atoms with Crippen LogP contribution in [0.5, 0.6) is 0 Å². The summed E-state index contributed by atoms with van der Waals surface area (Å²) in [5, 5.41) is 1.10. The first-order valence-corrected chi connectivity index (χ1v) is 12.2. The van der Waals surface area contributed by atoms with Gasteiger partial charge in [0.15, 0.2) is 11.3 Å². The molecule has 0 saturated heterocycles. The zero-order valence-corrected chi connectivity index (χ0v) is 21.8. The van der Waals surface area contributed by atoms with Gasteiger partial charge >= 0.3 is 0 Å². The van der Waals surface area contributed by atoms with E-state index in [1.165, 1.54) is 22.3 Å². The van der Waals surface area contributed by atoms with Crippen LogP contribution in [0.3, 0.4) is 0 Å². The lowest BCUT2D eigenvalue weighted by Crippen LogP contribution is -2.32. The molecule has 0 atom stereocenters. The Morgan fingerprint density at radius 1 is 0.824 bits per heavy atom. The van der Waals surface area contributed by atoms with Gasteiger partial charge in [0.25, 0.3) is 6.33 Å². The summed E-state index contributed by atoms with van der Waals surface area (Å²) in [6.07, 6.45) is 3.57. The molecule has 5 heteroatoms. The minimum absolute atomic E-state index is 0.478. The van der Waals surface area contributed by atoms with E-state index in [2.05, 4.69) is 90.4 Å². The number of benzene rings is 2. The maximum absolute atomic E-state index is 4.90. The first-order valence-electron chi connectivity index (χ1n) is 12.2. The van der Waals surface area contributed by atoms with E-state index in [0.717, 1.165) is 52.5 Å². The van der Waals surface area contributed by atoms with Gasteiger partial charge in [0.05, 0.1) is 18.0 Å². The molecular formula is C29H36N5+. The molecule has 0 unspecified atom stereocenters. The molecule has 0 aliphatic heterocycles. The first-order chi connectivity index (χ1) is 16.1. The number of hydrogen-bond acceptors (Lipinski definition) is 4. The molecular weight excluding hydrogens is 418 g/mol. The normalized spacial score (nSPS) is 11.7. The summed E-state index contributed by atoms with van der Waals surface area (Å²) in [6.45, 7) is 15.3. The van der Waals surface area contributed by atoms with Gasteiger partial charge in [-0.05, 0) is 66.9 Å². The van der Waals surface area contributed by atoms with E-state index in [4.69, 9.17) is 19.9 Å². The summed E-state index contributed by atoms with van der Waals surface area (Å²) in [4.78, 5) is 19.4. The van der Waals surface area contributed by atoms with Gasteiger partial charge < -0.3 is 0 Å². The van der Waals surface area contributed by atoms with E-state index in [0.29, 0.717) is 11.8 Å². The quantitative estimate of drug-likeness (QED) is 0.340. The van der Waals surface area contributed by atoms with Crippen LogP contribution in [0.25, 0.3) is 33.5 Å². The highest BCUT2D eigenvalue weighted by Gasteiger charge is 2.22. The average Bonchev–Trinajstić information content (AvgIpc) is 2.75. The van der Waals surface area contributed by atoms with Crippen molar-refractivity contribution in [3.63, 3.8) is 0 Å². The predicted octanol–water partition coefficient (Wildman–Crippen LogP) is 5.90. The van der Waals surface area contributed by atoms with E-state index in [-0.39, 0.29) is 0 Å². The van der Waals surface area contributed by atoms with Crippen LogP contribution < -0.4 is 4.57 Å². The molecule has 0 amide bonds. The van der Waals surface area contributed by atoms with Crippen molar-refractivity contribution in [2.24, 2.45) is 18.9 Å². The van der Waals surface area contributed by atoms with Crippen molar-refractivity contribution in [1.82, 2.24) is 19.9 Å². The largest absolute Gasteiger partial charge is 0.287 e. The second-order valence-corrected chi connectivity index (χ2v) is 10.3. The third kappa shape index (κ3) is 4.84. The van der Waals surface area contributed by atoms with Crippen molar-refractivity contribution in [1.29, 1.82) is 0 Å². The van der Waals surface area contributed by atoms with Crippen molar-refractivity contribution in [2.75, 3.05) is 0 Å². The molecule has 0 saturated carbocycles. The Morgan fingerprint density at radius 2 is 1.47 bits per heavy atom. The molecule has 2 aromatic carbocycles. The molecule has 0 spiro atoms. The second-order valence-electron chi connectivity index (χ2n) is 10.3. The minimum Gasteiger partial charge on any atom is -0.232 e. The summed E-state index contributed by atoms with van der Waals surface area (Å²) < 4.78 is 2.12. The topological polar surface area (TPSA) is 55.4 Å². The van der Waals surface area contributed by atoms with Gasteiger partial charge in [-0.2, -0.15) is 0 Å². The van der Waals surface area contributed by atoms with Crippen molar-refractivity contribution < 1.29 is 4.57 Å². The molecule has 2 heterocycles. The maximum atomic E-state index is 4.90. The Kier molecular flexibility index (Phi) is 6.74. The van der Waals surface area contributed by atoms with Crippen LogP contribution in [-0.4, -0.2) is 19.9 Å². The molecule has 34 heavy (non-hydrogen) atoms. The van der Waals surface area contributed by atoms with Crippen molar-refractivity contribution in [2.45, 2.75) is 61.3 Å². The molecule has 0 aliphatic rings. The van der Waals surface area contributed by atoms with Crippen LogP contribution in [0.2, 0.25) is 0 Å². The lowest BCUT2D eigenvalue weighted by molar-refractivity contribution is -0.662. The van der Waals surface area contributed by atoms with Gasteiger partial charge in [0.1, 0.15) is 17.3 Å². The third-order valence-corrected chi connectivity index (χ3v) is 6.22. The zero-order chi connectivity index (χ0) is 24.6. The van der Waals surface area contributed by atoms with Gasteiger partial charge in [0.2, 0.25) is 0 Å². The third-order valence-electron chi connectivity index (χ3n) is 6.22. The number of rotatable bonds is 6. The molecule has 5 nitrogen and oxygen atoms in total. The molecule has 0 bridgehead atoms. The standard InChI is InChI=1S/C29H36N5/c1-17(2)12-25-31-26(13-18(3)4)33-29(32-25)23-11-9-10-22-27(23)30-16-34(8)28(22)24-15-19(5)14-20(6)21(24)7/h9-11,14-18H,12-13H2,1-8H3/q+1. The molecule has 0 radical (unpaired) electrons. The number of hydrogen-bond donors (Lipinski definition) is 0. The molecule has 2 aromatic heterocycles. The van der Waals surface area contributed by atoms with E-state index in [1.807, 2.05) is 6.33 Å². The number of para-hydroxylation sites is 1. The Labute approximate surface area is 203 Å². The van der Waals surface area contributed by atoms with Crippen LogP contribution in [0, 0.1) is 32.6 Å². The highest BCUT2D eigenvalue weighted by molar-refractivity contribution is 5.99. The molecule has 176 valence electrons. The Bertz CT molecular complexity index is 1330. The van der Waals surface area contributed by atoms with Crippen molar-refractivity contribution in [3.05, 3.63) is 65.0 Å².